The lowest BCUT2D eigenvalue weighted by Crippen LogP contribution is -2.69. The zero-order valence-electron chi connectivity index (χ0n) is 13.0. The van der Waals surface area contributed by atoms with E-state index in [1.165, 1.54) is 48.7 Å². The fraction of sp³-hybridized carbons (Fsp3) is 0.188. The van der Waals surface area contributed by atoms with Crippen molar-refractivity contribution in [1.82, 2.24) is 10.3 Å². The summed E-state index contributed by atoms with van der Waals surface area (Å²) >= 11 is 0. The number of anilines is 1. The van der Waals surface area contributed by atoms with Crippen molar-refractivity contribution in [3.8, 4) is 0 Å². The molecule has 0 radical (unpaired) electrons. The van der Waals surface area contributed by atoms with Crippen molar-refractivity contribution >= 4 is 17.7 Å². The van der Waals surface area contributed by atoms with Crippen molar-refractivity contribution in [1.29, 1.82) is 0 Å². The van der Waals surface area contributed by atoms with Gasteiger partial charge >= 0.3 is 17.8 Å². The number of hydrogen-bond acceptors (Lipinski definition) is 5. The number of pyridine rings is 1. The van der Waals surface area contributed by atoms with Gasteiger partial charge in [0, 0.05) is 11.8 Å². The van der Waals surface area contributed by atoms with E-state index in [-0.39, 0.29) is 11.4 Å². The number of nitrogens with zero attached hydrogens (tertiary/aromatic N) is 1. The number of halogens is 3. The molecule has 2 rings (SSSR count). The lowest BCUT2D eigenvalue weighted by molar-refractivity contribution is -0.203. The second kappa shape index (κ2) is 7.20. The van der Waals surface area contributed by atoms with Gasteiger partial charge in [-0.3, -0.25) is 4.79 Å². The lowest BCUT2D eigenvalue weighted by Gasteiger charge is -2.34. The number of benzene rings is 1. The number of alkyl halides is 3. The van der Waals surface area contributed by atoms with Gasteiger partial charge in [0.25, 0.3) is 5.91 Å². The van der Waals surface area contributed by atoms with Crippen LogP contribution in [0.3, 0.4) is 0 Å². The molecule has 0 aliphatic carbocycles. The molecule has 0 bridgehead atoms. The number of ether oxygens (including phenoxy) is 1. The summed E-state index contributed by atoms with van der Waals surface area (Å²) in [5.74, 6) is -3.10. The molecule has 0 spiro atoms. The lowest BCUT2D eigenvalue weighted by atomic mass is 10.1. The third-order valence-electron chi connectivity index (χ3n) is 3.23. The zero-order valence-corrected chi connectivity index (χ0v) is 13.0. The SMILES string of the molecule is COC(=O)[C@@](NC(=O)c1ccccc1)(Nc1ccccn1)C(F)(F)F. The van der Waals surface area contributed by atoms with E-state index in [1.807, 2.05) is 5.32 Å². The minimum absolute atomic E-state index is 0.0529. The van der Waals surface area contributed by atoms with Crippen LogP contribution in [0.1, 0.15) is 10.4 Å². The predicted octanol–water partition coefficient (Wildman–Crippen LogP) is 2.36. The van der Waals surface area contributed by atoms with Crippen LogP contribution < -0.4 is 10.6 Å². The average Bonchev–Trinajstić information content (AvgIpc) is 2.61. The summed E-state index contributed by atoms with van der Waals surface area (Å²) in [6, 6.07) is 11.3. The Kier molecular flexibility index (Phi) is 5.26. The monoisotopic (exact) mass is 353 g/mol. The molecule has 25 heavy (non-hydrogen) atoms. The summed E-state index contributed by atoms with van der Waals surface area (Å²) in [5, 5.41) is 3.64. The number of hydrogen-bond donors (Lipinski definition) is 2. The van der Waals surface area contributed by atoms with Gasteiger partial charge in [0.1, 0.15) is 5.82 Å². The third kappa shape index (κ3) is 3.87. The van der Waals surface area contributed by atoms with Gasteiger partial charge in [-0.25, -0.2) is 9.78 Å². The fourth-order valence-electron chi connectivity index (χ4n) is 2.00. The number of nitrogens with one attached hydrogen (secondary N) is 2. The van der Waals surface area contributed by atoms with E-state index in [1.54, 1.807) is 11.4 Å². The molecule has 0 unspecified atom stereocenters. The highest BCUT2D eigenvalue weighted by Crippen LogP contribution is 2.32. The summed E-state index contributed by atoms with van der Waals surface area (Å²) in [4.78, 5) is 27.9. The number of aromatic nitrogens is 1. The first-order chi connectivity index (χ1) is 11.8. The van der Waals surface area contributed by atoms with Gasteiger partial charge in [-0.15, -0.1) is 0 Å². The van der Waals surface area contributed by atoms with Crippen LogP contribution in [-0.4, -0.2) is 35.8 Å². The van der Waals surface area contributed by atoms with Crippen LogP contribution in [0.5, 0.6) is 0 Å². The Morgan fingerprint density at radius 1 is 1.04 bits per heavy atom. The molecule has 1 aromatic heterocycles. The highest BCUT2D eigenvalue weighted by molar-refractivity contribution is 5.99. The van der Waals surface area contributed by atoms with Gasteiger partial charge in [-0.2, -0.15) is 13.2 Å². The maximum Gasteiger partial charge on any atom is 0.441 e. The number of methoxy groups -OCH3 is 1. The quantitative estimate of drug-likeness (QED) is 0.637. The van der Waals surface area contributed by atoms with E-state index in [2.05, 4.69) is 9.72 Å². The Morgan fingerprint density at radius 3 is 2.20 bits per heavy atom. The van der Waals surface area contributed by atoms with E-state index >= 15 is 0 Å². The molecule has 0 saturated carbocycles. The van der Waals surface area contributed by atoms with Crippen LogP contribution in [-0.2, 0) is 9.53 Å². The van der Waals surface area contributed by atoms with E-state index in [0.29, 0.717) is 0 Å². The van der Waals surface area contributed by atoms with Crippen LogP contribution in [0.25, 0.3) is 0 Å². The molecular weight excluding hydrogens is 339 g/mol. The average molecular weight is 353 g/mol. The molecule has 132 valence electrons. The van der Waals surface area contributed by atoms with Gasteiger partial charge in [-0.1, -0.05) is 24.3 Å². The van der Waals surface area contributed by atoms with E-state index in [4.69, 9.17) is 0 Å². The minimum Gasteiger partial charge on any atom is -0.466 e. The van der Waals surface area contributed by atoms with Crippen molar-refractivity contribution < 1.29 is 27.5 Å². The van der Waals surface area contributed by atoms with E-state index < -0.39 is 23.7 Å². The number of amides is 1. The molecule has 1 heterocycles. The maximum atomic E-state index is 13.8. The Morgan fingerprint density at radius 2 is 1.68 bits per heavy atom. The standard InChI is InChI=1S/C16H14F3N3O3/c1-25-14(24)15(16(17,18)19,21-12-9-5-6-10-20-12)22-13(23)11-7-3-2-4-8-11/h2-10H,1H3,(H,20,21)(H,22,23)/t15-/m0/s1. The molecular formula is C16H14F3N3O3. The smallest absolute Gasteiger partial charge is 0.441 e. The topological polar surface area (TPSA) is 80.3 Å². The van der Waals surface area contributed by atoms with Crippen LogP contribution in [0.15, 0.2) is 54.7 Å². The summed E-state index contributed by atoms with van der Waals surface area (Å²) in [6.45, 7) is 0. The molecule has 9 heteroatoms. The van der Waals surface area contributed by atoms with Gasteiger partial charge < -0.3 is 15.4 Å². The van der Waals surface area contributed by atoms with Crippen LogP contribution >= 0.6 is 0 Å². The zero-order chi connectivity index (χ0) is 18.5. The van der Waals surface area contributed by atoms with Gasteiger partial charge in [0.2, 0.25) is 0 Å². The summed E-state index contributed by atoms with van der Waals surface area (Å²) in [7, 11) is 0.789. The largest absolute Gasteiger partial charge is 0.466 e. The van der Waals surface area contributed by atoms with Crippen molar-refractivity contribution in [2.45, 2.75) is 11.8 Å². The Hall–Kier alpha value is -3.10. The van der Waals surface area contributed by atoms with E-state index in [0.717, 1.165) is 7.11 Å². The Balaban J connectivity index is 2.46. The van der Waals surface area contributed by atoms with Gasteiger partial charge in [-0.05, 0) is 24.3 Å². The number of rotatable bonds is 5. The molecule has 6 nitrogen and oxygen atoms in total. The first-order valence-electron chi connectivity index (χ1n) is 7.02. The first-order valence-corrected chi connectivity index (χ1v) is 7.02. The number of esters is 1. The predicted molar refractivity (Wildman–Crippen MR) is 82.6 cm³/mol. The second-order valence-corrected chi connectivity index (χ2v) is 4.90. The second-order valence-electron chi connectivity index (χ2n) is 4.90. The Bertz CT molecular complexity index is 739. The molecule has 1 aromatic carbocycles. The number of carbonyl (C=O) groups excluding carboxylic acids is 2. The molecule has 2 aromatic rings. The minimum atomic E-state index is -5.21. The highest BCUT2D eigenvalue weighted by atomic mass is 19.4. The van der Waals surface area contributed by atoms with Gasteiger partial charge in [0.15, 0.2) is 0 Å². The highest BCUT2D eigenvalue weighted by Gasteiger charge is 2.63. The maximum absolute atomic E-state index is 13.8. The summed E-state index contributed by atoms with van der Waals surface area (Å²) < 4.78 is 45.6. The van der Waals surface area contributed by atoms with Crippen LogP contribution in [0.4, 0.5) is 19.0 Å². The van der Waals surface area contributed by atoms with Gasteiger partial charge in [0.05, 0.1) is 7.11 Å². The van der Waals surface area contributed by atoms with Crippen molar-refractivity contribution in [3.63, 3.8) is 0 Å². The molecule has 1 atom stereocenters. The summed E-state index contributed by atoms with van der Waals surface area (Å²) in [6.07, 6.45) is -3.97. The molecule has 1 amide bonds. The normalized spacial score (nSPS) is 13.4. The van der Waals surface area contributed by atoms with Crippen molar-refractivity contribution in [2.75, 3.05) is 12.4 Å². The van der Waals surface area contributed by atoms with Crippen molar-refractivity contribution in [3.05, 3.63) is 60.3 Å². The number of carbonyl (C=O) groups is 2. The van der Waals surface area contributed by atoms with Crippen LogP contribution in [0.2, 0.25) is 0 Å². The molecule has 0 aliphatic heterocycles. The Labute approximate surface area is 141 Å². The third-order valence-corrected chi connectivity index (χ3v) is 3.23. The van der Waals surface area contributed by atoms with E-state index in [9.17, 15) is 22.8 Å². The van der Waals surface area contributed by atoms with Crippen LogP contribution in [0, 0.1) is 0 Å². The summed E-state index contributed by atoms with van der Waals surface area (Å²) in [5.41, 5.74) is -3.55. The first kappa shape index (κ1) is 18.2. The molecule has 0 fully saturated rings. The van der Waals surface area contributed by atoms with Crippen molar-refractivity contribution in [2.24, 2.45) is 0 Å². The molecule has 0 aliphatic rings. The molecule has 2 N–H and O–H groups in total. The molecule has 0 saturated heterocycles. The fourth-order valence-corrected chi connectivity index (χ4v) is 2.00.